The number of carboxylic acids is 1. The van der Waals surface area contributed by atoms with Gasteiger partial charge in [0.15, 0.2) is 0 Å². The lowest BCUT2D eigenvalue weighted by Gasteiger charge is -2.39. The van der Waals surface area contributed by atoms with Crippen LogP contribution < -0.4 is 20.9 Å². The summed E-state index contributed by atoms with van der Waals surface area (Å²) in [5.41, 5.74) is 1.04. The number of aliphatic carboxylic acids is 1. The number of carboxylic acid groups (broad SMARTS) is 1. The van der Waals surface area contributed by atoms with Gasteiger partial charge in [-0.3, -0.25) is 19.3 Å². The van der Waals surface area contributed by atoms with Crippen LogP contribution in [-0.4, -0.2) is 47.5 Å². The van der Waals surface area contributed by atoms with E-state index in [1.807, 2.05) is 13.8 Å². The van der Waals surface area contributed by atoms with Gasteiger partial charge in [-0.25, -0.2) is 4.79 Å². The van der Waals surface area contributed by atoms with Crippen LogP contribution >= 0.6 is 0 Å². The number of para-hydroxylation sites is 2. The van der Waals surface area contributed by atoms with Crippen molar-refractivity contribution in [3.05, 3.63) is 24.3 Å². The maximum atomic E-state index is 13.1. The highest BCUT2D eigenvalue weighted by Gasteiger charge is 2.40. The molecule has 2 rings (SSSR count). The van der Waals surface area contributed by atoms with E-state index in [0.717, 1.165) is 0 Å². The zero-order valence-electron chi connectivity index (χ0n) is 16.4. The van der Waals surface area contributed by atoms with Gasteiger partial charge in [-0.2, -0.15) is 0 Å². The molecule has 28 heavy (non-hydrogen) atoms. The van der Waals surface area contributed by atoms with Gasteiger partial charge < -0.3 is 21.1 Å². The van der Waals surface area contributed by atoms with Crippen LogP contribution in [0.1, 0.15) is 27.7 Å². The number of fused-ring (bicyclic) bond motifs is 1. The van der Waals surface area contributed by atoms with Crippen LogP contribution in [0.3, 0.4) is 0 Å². The van der Waals surface area contributed by atoms with Gasteiger partial charge >= 0.3 is 12.0 Å². The summed E-state index contributed by atoms with van der Waals surface area (Å²) in [6, 6.07) is 4.64. The van der Waals surface area contributed by atoms with Crippen LogP contribution in [-0.2, 0) is 14.4 Å². The van der Waals surface area contributed by atoms with Crippen molar-refractivity contribution in [2.75, 3.05) is 16.8 Å². The van der Waals surface area contributed by atoms with Gasteiger partial charge in [0.05, 0.1) is 11.4 Å². The molecule has 152 valence electrons. The molecule has 9 heteroatoms. The second-order valence-corrected chi connectivity index (χ2v) is 7.35. The lowest BCUT2D eigenvalue weighted by Crippen LogP contribution is -2.60. The molecule has 1 aromatic rings. The number of urea groups is 1. The molecule has 0 spiro atoms. The van der Waals surface area contributed by atoms with Gasteiger partial charge in [-0.1, -0.05) is 39.8 Å². The monoisotopic (exact) mass is 390 g/mol. The molecule has 0 unspecified atom stereocenters. The molecule has 1 aliphatic heterocycles. The molecule has 0 saturated heterocycles. The van der Waals surface area contributed by atoms with Gasteiger partial charge in [-0.05, 0) is 24.0 Å². The van der Waals surface area contributed by atoms with E-state index in [4.69, 9.17) is 5.11 Å². The summed E-state index contributed by atoms with van der Waals surface area (Å²) in [7, 11) is 0. The summed E-state index contributed by atoms with van der Waals surface area (Å²) in [5.74, 6) is -2.54. The molecular weight excluding hydrogens is 364 g/mol. The molecule has 0 aromatic heterocycles. The summed E-state index contributed by atoms with van der Waals surface area (Å²) < 4.78 is 0. The number of rotatable bonds is 6. The lowest BCUT2D eigenvalue weighted by molar-refractivity contribution is -0.138. The first-order valence-corrected chi connectivity index (χ1v) is 9.12. The van der Waals surface area contributed by atoms with Crippen molar-refractivity contribution < 1.29 is 24.3 Å². The van der Waals surface area contributed by atoms with Gasteiger partial charge in [-0.15, -0.1) is 0 Å². The van der Waals surface area contributed by atoms with Gasteiger partial charge in [0.25, 0.3) is 0 Å². The summed E-state index contributed by atoms with van der Waals surface area (Å²) in [4.78, 5) is 50.1. The number of benzene rings is 1. The molecule has 1 aliphatic rings. The first kappa shape index (κ1) is 21.2. The Labute approximate surface area is 163 Å². The smallest absolute Gasteiger partial charge is 0.323 e. The molecule has 2 atom stereocenters. The second kappa shape index (κ2) is 8.73. The largest absolute Gasteiger partial charge is 0.480 e. The molecule has 0 saturated carbocycles. The van der Waals surface area contributed by atoms with Gasteiger partial charge in [0, 0.05) is 0 Å². The molecule has 0 bridgehead atoms. The summed E-state index contributed by atoms with van der Waals surface area (Å²) in [6.45, 7) is 6.60. The van der Waals surface area contributed by atoms with E-state index in [0.29, 0.717) is 11.4 Å². The van der Waals surface area contributed by atoms with E-state index < -0.39 is 36.5 Å². The maximum Gasteiger partial charge on any atom is 0.323 e. The third-order valence-electron chi connectivity index (χ3n) is 4.46. The fraction of sp³-hybridized carbons (Fsp3) is 0.474. The van der Waals surface area contributed by atoms with Crippen molar-refractivity contribution in [1.29, 1.82) is 0 Å². The molecule has 0 radical (unpaired) electrons. The van der Waals surface area contributed by atoms with Crippen molar-refractivity contribution in [1.82, 2.24) is 10.6 Å². The zero-order chi connectivity index (χ0) is 21.0. The highest BCUT2D eigenvalue weighted by Crippen LogP contribution is 2.34. The third-order valence-corrected chi connectivity index (χ3v) is 4.46. The molecule has 1 aromatic carbocycles. The van der Waals surface area contributed by atoms with Crippen molar-refractivity contribution >= 4 is 35.2 Å². The molecular formula is C19H26N4O5. The normalized spacial score (nSPS) is 17.0. The Morgan fingerprint density at radius 2 is 1.82 bits per heavy atom. The molecule has 0 fully saturated rings. The first-order valence-electron chi connectivity index (χ1n) is 9.12. The Kier molecular flexibility index (Phi) is 6.61. The van der Waals surface area contributed by atoms with E-state index in [9.17, 15) is 19.2 Å². The van der Waals surface area contributed by atoms with Crippen molar-refractivity contribution in [3.63, 3.8) is 0 Å². The summed E-state index contributed by atoms with van der Waals surface area (Å²) in [6.07, 6.45) is 0. The Morgan fingerprint density at radius 3 is 2.39 bits per heavy atom. The number of carbonyl (C=O) groups excluding carboxylic acids is 3. The van der Waals surface area contributed by atoms with Crippen LogP contribution in [0.4, 0.5) is 16.2 Å². The zero-order valence-corrected chi connectivity index (χ0v) is 16.4. The summed E-state index contributed by atoms with van der Waals surface area (Å²) >= 11 is 0. The number of nitrogens with zero attached hydrogens (tertiary/aromatic N) is 1. The van der Waals surface area contributed by atoms with E-state index >= 15 is 0 Å². The standard InChI is InChI=1S/C19H26N4O5/c1-10(2)15(17(26)20-9-14(24)25)22-19(28)23-13-8-6-5-7-12(13)21-18(27)16(23)11(3)4/h5-8,10-11,15-16H,9H2,1-4H3,(H,20,26)(H,21,27)(H,22,28)(H,24,25)/t15-,16-/m1/s1. The Bertz CT molecular complexity index is 777. The van der Waals surface area contributed by atoms with Crippen LogP contribution in [0, 0.1) is 11.8 Å². The SMILES string of the molecule is CC(C)[C@@H](NC(=O)N1c2ccccc2NC(=O)[C@H]1C(C)C)C(=O)NCC(=O)O. The second-order valence-electron chi connectivity index (χ2n) is 7.35. The molecule has 1 heterocycles. The van der Waals surface area contributed by atoms with E-state index in [1.54, 1.807) is 38.1 Å². The van der Waals surface area contributed by atoms with Crippen LogP contribution in [0.5, 0.6) is 0 Å². The Balaban J connectivity index is 2.31. The fourth-order valence-electron chi connectivity index (χ4n) is 3.11. The van der Waals surface area contributed by atoms with Crippen molar-refractivity contribution in [2.45, 2.75) is 39.8 Å². The topological polar surface area (TPSA) is 128 Å². The third kappa shape index (κ3) is 4.59. The Hall–Kier alpha value is -3.10. The van der Waals surface area contributed by atoms with Crippen molar-refractivity contribution in [2.24, 2.45) is 11.8 Å². The quantitative estimate of drug-likeness (QED) is 0.584. The average Bonchev–Trinajstić information content (AvgIpc) is 2.62. The van der Waals surface area contributed by atoms with Crippen molar-refractivity contribution in [3.8, 4) is 0 Å². The highest BCUT2D eigenvalue weighted by atomic mass is 16.4. The fourth-order valence-corrected chi connectivity index (χ4v) is 3.11. The highest BCUT2D eigenvalue weighted by molar-refractivity contribution is 6.12. The maximum absolute atomic E-state index is 13.1. The number of hydrogen-bond donors (Lipinski definition) is 4. The number of hydrogen-bond acceptors (Lipinski definition) is 4. The van der Waals surface area contributed by atoms with Crippen LogP contribution in [0.15, 0.2) is 24.3 Å². The summed E-state index contributed by atoms with van der Waals surface area (Å²) in [5, 5.41) is 16.5. The predicted molar refractivity (Wildman–Crippen MR) is 104 cm³/mol. The predicted octanol–water partition coefficient (Wildman–Crippen LogP) is 1.40. The minimum atomic E-state index is -1.18. The molecule has 4 N–H and O–H groups in total. The van der Waals surface area contributed by atoms with E-state index in [-0.39, 0.29) is 17.7 Å². The number of nitrogens with one attached hydrogen (secondary N) is 3. The number of amides is 4. The minimum Gasteiger partial charge on any atom is -0.480 e. The van der Waals surface area contributed by atoms with Gasteiger partial charge in [0.2, 0.25) is 11.8 Å². The first-order chi connectivity index (χ1) is 13.1. The van der Waals surface area contributed by atoms with E-state index in [1.165, 1.54) is 4.90 Å². The number of carbonyl (C=O) groups is 4. The van der Waals surface area contributed by atoms with E-state index in [2.05, 4.69) is 16.0 Å². The molecule has 0 aliphatic carbocycles. The van der Waals surface area contributed by atoms with Gasteiger partial charge in [0.1, 0.15) is 18.6 Å². The average molecular weight is 390 g/mol. The van der Waals surface area contributed by atoms with Crippen LogP contribution in [0.2, 0.25) is 0 Å². The Morgan fingerprint density at radius 1 is 1.18 bits per heavy atom. The molecule has 4 amide bonds. The number of anilines is 2. The lowest BCUT2D eigenvalue weighted by atomic mass is 9.97. The minimum absolute atomic E-state index is 0.169. The van der Waals surface area contributed by atoms with Crippen LogP contribution in [0.25, 0.3) is 0 Å². The molecule has 9 nitrogen and oxygen atoms in total.